The van der Waals surface area contributed by atoms with Gasteiger partial charge in [-0.2, -0.15) is 0 Å². The van der Waals surface area contributed by atoms with Gasteiger partial charge in [0.1, 0.15) is 0 Å². The van der Waals surface area contributed by atoms with Gasteiger partial charge >= 0.3 is 11.9 Å². The number of nitrogens with zero attached hydrogens (tertiary/aromatic N) is 2. The van der Waals surface area contributed by atoms with Gasteiger partial charge in [0.05, 0.1) is 18.1 Å². The highest BCUT2D eigenvalue weighted by molar-refractivity contribution is 6.13. The molecule has 0 saturated heterocycles. The van der Waals surface area contributed by atoms with Crippen LogP contribution in [0, 0.1) is 10.1 Å². The van der Waals surface area contributed by atoms with Crippen LogP contribution in [0.15, 0.2) is 53.2 Å². The summed E-state index contributed by atoms with van der Waals surface area (Å²) in [6, 6.07) is 10.5. The van der Waals surface area contributed by atoms with Crippen molar-refractivity contribution in [2.24, 2.45) is 4.99 Å². The molecule has 2 aromatic carbocycles. The predicted molar refractivity (Wildman–Crippen MR) is 113 cm³/mol. The number of nitro groups is 1. The minimum Gasteiger partial charge on any atom is -0.490 e. The summed E-state index contributed by atoms with van der Waals surface area (Å²) in [6.07, 6.45) is 1.49. The van der Waals surface area contributed by atoms with Crippen LogP contribution in [-0.4, -0.2) is 42.6 Å². The Hall–Kier alpha value is -4.21. The first-order chi connectivity index (χ1) is 15.4. The van der Waals surface area contributed by atoms with E-state index in [1.165, 1.54) is 24.3 Å². The number of non-ortho nitro benzene ring substituents is 1. The molecule has 0 atom stereocenters. The first-order valence-electron chi connectivity index (χ1n) is 9.74. The molecule has 2 aromatic rings. The van der Waals surface area contributed by atoms with E-state index >= 15 is 0 Å². The number of aliphatic imine (C=N–C) groups is 1. The first-order valence-corrected chi connectivity index (χ1v) is 9.74. The van der Waals surface area contributed by atoms with Crippen LogP contribution in [-0.2, 0) is 19.1 Å². The molecule has 0 bridgehead atoms. The van der Waals surface area contributed by atoms with E-state index in [-0.39, 0.29) is 30.5 Å². The quantitative estimate of drug-likeness (QED) is 0.252. The maximum atomic E-state index is 12.3. The van der Waals surface area contributed by atoms with Crippen molar-refractivity contribution in [3.8, 4) is 11.5 Å². The van der Waals surface area contributed by atoms with Crippen molar-refractivity contribution in [2.45, 2.75) is 13.8 Å². The highest BCUT2D eigenvalue weighted by atomic mass is 16.6. The largest absolute Gasteiger partial charge is 0.490 e. The Bertz CT molecular complexity index is 1110. The molecule has 0 radical (unpaired) electrons. The monoisotopic (exact) mass is 440 g/mol. The van der Waals surface area contributed by atoms with Crippen molar-refractivity contribution in [3.05, 3.63) is 69.4 Å². The molecule has 1 aliphatic rings. The number of hydrogen-bond donors (Lipinski definition) is 0. The van der Waals surface area contributed by atoms with Crippen molar-refractivity contribution in [1.29, 1.82) is 0 Å². The van der Waals surface area contributed by atoms with Crippen molar-refractivity contribution < 1.29 is 33.5 Å². The number of cyclic esters (lactones) is 1. The van der Waals surface area contributed by atoms with Gasteiger partial charge in [0.15, 0.2) is 23.8 Å². The summed E-state index contributed by atoms with van der Waals surface area (Å²) in [5, 5.41) is 11.0. The van der Waals surface area contributed by atoms with Crippen LogP contribution in [0.5, 0.6) is 11.5 Å². The molecule has 10 nitrogen and oxygen atoms in total. The van der Waals surface area contributed by atoms with E-state index in [0.717, 1.165) is 0 Å². The van der Waals surface area contributed by atoms with Crippen LogP contribution in [0.3, 0.4) is 0 Å². The lowest BCUT2D eigenvalue weighted by atomic mass is 10.1. The maximum absolute atomic E-state index is 12.3. The molecule has 10 heteroatoms. The van der Waals surface area contributed by atoms with E-state index in [4.69, 9.17) is 18.9 Å². The van der Waals surface area contributed by atoms with E-state index in [2.05, 4.69) is 4.99 Å². The van der Waals surface area contributed by atoms with Crippen molar-refractivity contribution in [1.82, 2.24) is 0 Å². The van der Waals surface area contributed by atoms with E-state index < -0.39 is 16.9 Å². The fourth-order valence-electron chi connectivity index (χ4n) is 2.78. The molecule has 0 amide bonds. The normalized spacial score (nSPS) is 14.0. The van der Waals surface area contributed by atoms with Gasteiger partial charge < -0.3 is 18.9 Å². The third kappa shape index (κ3) is 5.48. The fraction of sp³-hybridized carbons (Fsp3) is 0.227. The molecule has 0 unspecified atom stereocenters. The Morgan fingerprint density at radius 2 is 1.94 bits per heavy atom. The van der Waals surface area contributed by atoms with E-state index in [1.807, 2.05) is 0 Å². The molecular weight excluding hydrogens is 420 g/mol. The summed E-state index contributed by atoms with van der Waals surface area (Å²) in [6.45, 7) is 3.84. The zero-order valence-electron chi connectivity index (χ0n) is 17.4. The number of benzene rings is 2. The van der Waals surface area contributed by atoms with Crippen LogP contribution in [0.1, 0.15) is 25.0 Å². The van der Waals surface area contributed by atoms with Gasteiger partial charge in [0, 0.05) is 17.7 Å². The Kier molecular flexibility index (Phi) is 7.17. The van der Waals surface area contributed by atoms with E-state index in [9.17, 15) is 19.7 Å². The molecule has 1 aliphatic heterocycles. The number of rotatable bonds is 9. The van der Waals surface area contributed by atoms with Crippen molar-refractivity contribution >= 4 is 29.6 Å². The zero-order valence-corrected chi connectivity index (χ0v) is 17.4. The second kappa shape index (κ2) is 10.2. The molecule has 32 heavy (non-hydrogen) atoms. The van der Waals surface area contributed by atoms with Gasteiger partial charge in [-0.1, -0.05) is 12.1 Å². The SMILES string of the molecule is CCOC(=O)COc1ccc(/C=C2\N=C(c3cccc([N+](=O)[O-])c3)OC2=O)cc1OCC. The summed E-state index contributed by atoms with van der Waals surface area (Å²) in [5.41, 5.74) is 0.772. The lowest BCUT2D eigenvalue weighted by Gasteiger charge is -2.12. The second-order valence-corrected chi connectivity index (χ2v) is 6.38. The second-order valence-electron chi connectivity index (χ2n) is 6.38. The highest BCUT2D eigenvalue weighted by Crippen LogP contribution is 2.30. The van der Waals surface area contributed by atoms with Crippen LogP contribution >= 0.6 is 0 Å². The highest BCUT2D eigenvalue weighted by Gasteiger charge is 2.25. The lowest BCUT2D eigenvalue weighted by Crippen LogP contribution is -2.15. The molecular formula is C22H20N2O8. The smallest absolute Gasteiger partial charge is 0.363 e. The average Bonchev–Trinajstić information content (AvgIpc) is 3.14. The first kappa shape index (κ1) is 22.5. The average molecular weight is 440 g/mol. The van der Waals surface area contributed by atoms with Gasteiger partial charge in [-0.3, -0.25) is 10.1 Å². The van der Waals surface area contributed by atoms with Crippen LogP contribution < -0.4 is 9.47 Å². The number of hydrogen-bond acceptors (Lipinski definition) is 9. The fourth-order valence-corrected chi connectivity index (χ4v) is 2.78. The summed E-state index contributed by atoms with van der Waals surface area (Å²) in [4.78, 5) is 38.4. The van der Waals surface area contributed by atoms with Crippen LogP contribution in [0.2, 0.25) is 0 Å². The molecule has 0 N–H and O–H groups in total. The number of carbonyl (C=O) groups is 2. The van der Waals surface area contributed by atoms with E-state index in [0.29, 0.717) is 29.2 Å². The number of ether oxygens (including phenoxy) is 4. The minimum absolute atomic E-state index is 0.0224. The lowest BCUT2D eigenvalue weighted by molar-refractivity contribution is -0.384. The Morgan fingerprint density at radius 3 is 2.66 bits per heavy atom. The molecule has 0 spiro atoms. The van der Waals surface area contributed by atoms with Gasteiger partial charge in [0.2, 0.25) is 5.90 Å². The number of carbonyl (C=O) groups excluding carboxylic acids is 2. The van der Waals surface area contributed by atoms with Crippen LogP contribution in [0.25, 0.3) is 6.08 Å². The van der Waals surface area contributed by atoms with Crippen molar-refractivity contribution in [2.75, 3.05) is 19.8 Å². The maximum Gasteiger partial charge on any atom is 0.363 e. The number of nitro benzene ring substituents is 1. The third-order valence-electron chi connectivity index (χ3n) is 4.15. The van der Waals surface area contributed by atoms with E-state index in [1.54, 1.807) is 38.1 Å². The molecule has 0 saturated carbocycles. The Morgan fingerprint density at radius 1 is 1.12 bits per heavy atom. The van der Waals surface area contributed by atoms with Gasteiger partial charge in [0.25, 0.3) is 5.69 Å². The predicted octanol–water partition coefficient (Wildman–Crippen LogP) is 3.28. The van der Waals surface area contributed by atoms with Gasteiger partial charge in [-0.25, -0.2) is 14.6 Å². The summed E-state index contributed by atoms with van der Waals surface area (Å²) < 4.78 is 21.0. The van der Waals surface area contributed by atoms with Crippen molar-refractivity contribution in [3.63, 3.8) is 0 Å². The topological polar surface area (TPSA) is 127 Å². The summed E-state index contributed by atoms with van der Waals surface area (Å²) >= 11 is 0. The molecule has 166 valence electrons. The van der Waals surface area contributed by atoms with Gasteiger partial charge in [-0.05, 0) is 43.7 Å². The third-order valence-corrected chi connectivity index (χ3v) is 4.15. The van der Waals surface area contributed by atoms with Crippen LogP contribution in [0.4, 0.5) is 5.69 Å². The minimum atomic E-state index is -0.688. The van der Waals surface area contributed by atoms with Gasteiger partial charge in [-0.15, -0.1) is 0 Å². The Balaban J connectivity index is 1.84. The zero-order chi connectivity index (χ0) is 23.1. The molecule has 1 heterocycles. The Labute approximate surface area is 183 Å². The summed E-state index contributed by atoms with van der Waals surface area (Å²) in [7, 11) is 0. The number of esters is 2. The standard InChI is InChI=1S/C22H20N2O8/c1-3-29-19-11-14(8-9-18(19)31-13-20(25)30-4-2)10-17-22(26)32-21(23-17)15-6-5-7-16(12-15)24(27)28/h5-12H,3-4,13H2,1-2H3/b17-10-. The molecule has 3 rings (SSSR count). The molecule has 0 aliphatic carbocycles. The molecule has 0 fully saturated rings. The summed E-state index contributed by atoms with van der Waals surface area (Å²) in [5.74, 6) is -0.494. The molecule has 0 aromatic heterocycles.